The summed E-state index contributed by atoms with van der Waals surface area (Å²) in [4.78, 5) is 18.2. The van der Waals surface area contributed by atoms with Crippen molar-refractivity contribution in [2.24, 2.45) is 0 Å². The first-order chi connectivity index (χ1) is 16.0. The van der Waals surface area contributed by atoms with Gasteiger partial charge in [-0.25, -0.2) is 28.7 Å². The third-order valence-corrected chi connectivity index (χ3v) is 5.89. The van der Waals surface area contributed by atoms with Gasteiger partial charge in [-0.15, -0.1) is 0 Å². The number of ether oxygens (including phenoxy) is 1. The molecule has 1 aromatic carbocycles. The van der Waals surface area contributed by atoms with Crippen molar-refractivity contribution < 1.29 is 13.5 Å². The van der Waals surface area contributed by atoms with E-state index in [2.05, 4.69) is 25.0 Å². The van der Waals surface area contributed by atoms with Crippen LogP contribution in [0.25, 0.3) is 28.0 Å². The third-order valence-electron chi connectivity index (χ3n) is 5.89. The van der Waals surface area contributed by atoms with Gasteiger partial charge in [-0.3, -0.25) is 4.68 Å². The van der Waals surface area contributed by atoms with Crippen LogP contribution in [0.15, 0.2) is 42.9 Å². The zero-order valence-electron chi connectivity index (χ0n) is 17.9. The van der Waals surface area contributed by atoms with Gasteiger partial charge < -0.3 is 4.74 Å². The molecule has 0 radical (unpaired) electrons. The molecule has 1 atom stereocenters. The number of rotatable bonds is 4. The average molecular weight is 446 g/mol. The van der Waals surface area contributed by atoms with Gasteiger partial charge in [-0.2, -0.15) is 5.10 Å². The van der Waals surface area contributed by atoms with Crippen LogP contribution in [-0.4, -0.2) is 36.3 Å². The van der Waals surface area contributed by atoms with E-state index in [1.165, 1.54) is 12.1 Å². The Morgan fingerprint density at radius 2 is 1.97 bits per heavy atom. The Labute approximate surface area is 188 Å². The molecule has 1 aliphatic carbocycles. The van der Waals surface area contributed by atoms with Crippen LogP contribution in [0.3, 0.4) is 0 Å². The van der Waals surface area contributed by atoms with Gasteiger partial charge in [0.15, 0.2) is 11.5 Å². The molecule has 4 aromatic rings. The summed E-state index contributed by atoms with van der Waals surface area (Å²) >= 11 is 0. The Kier molecular flexibility index (Phi) is 4.72. The smallest absolute Gasteiger partial charge is 0.182 e. The number of aryl methyl sites for hydroxylation is 1. The third kappa shape index (κ3) is 3.78. The lowest BCUT2D eigenvalue weighted by atomic mass is 10.0. The van der Waals surface area contributed by atoms with E-state index in [0.29, 0.717) is 41.8 Å². The highest BCUT2D eigenvalue weighted by Crippen LogP contribution is 2.37. The van der Waals surface area contributed by atoms with E-state index in [0.717, 1.165) is 30.0 Å². The SMILES string of the molecule is Cc1cnc2c(-c3ccc(F)cc3F)nc(C3=C[C@H](c4cnn(C5CC5)c4)OCC3)nc2n1. The van der Waals surface area contributed by atoms with Crippen molar-refractivity contribution in [2.45, 2.75) is 38.3 Å². The minimum absolute atomic E-state index is 0.151. The molecule has 1 saturated carbocycles. The summed E-state index contributed by atoms with van der Waals surface area (Å²) < 4.78 is 36.2. The summed E-state index contributed by atoms with van der Waals surface area (Å²) in [5.41, 5.74) is 3.70. The molecular weight excluding hydrogens is 426 g/mol. The second-order valence-corrected chi connectivity index (χ2v) is 8.42. The zero-order valence-corrected chi connectivity index (χ0v) is 17.9. The van der Waals surface area contributed by atoms with Crippen LogP contribution in [-0.2, 0) is 4.74 Å². The fourth-order valence-electron chi connectivity index (χ4n) is 4.03. The second-order valence-electron chi connectivity index (χ2n) is 8.42. The maximum absolute atomic E-state index is 14.7. The molecule has 4 heterocycles. The van der Waals surface area contributed by atoms with Crippen LogP contribution >= 0.6 is 0 Å². The Bertz CT molecular complexity index is 1410. The van der Waals surface area contributed by atoms with Crippen molar-refractivity contribution in [3.63, 3.8) is 0 Å². The highest BCUT2D eigenvalue weighted by molar-refractivity contribution is 5.88. The number of hydrogen-bond acceptors (Lipinski definition) is 6. The van der Waals surface area contributed by atoms with Gasteiger partial charge in [0.1, 0.15) is 28.9 Å². The summed E-state index contributed by atoms with van der Waals surface area (Å²) in [6.07, 6.45) is 10.1. The Morgan fingerprint density at radius 3 is 2.79 bits per heavy atom. The maximum Gasteiger partial charge on any atom is 0.182 e. The Hall–Kier alpha value is -3.59. The largest absolute Gasteiger partial charge is 0.369 e. The molecule has 33 heavy (non-hydrogen) atoms. The lowest BCUT2D eigenvalue weighted by Crippen LogP contribution is -2.12. The minimum Gasteiger partial charge on any atom is -0.369 e. The fourth-order valence-corrected chi connectivity index (χ4v) is 4.03. The van der Waals surface area contributed by atoms with E-state index >= 15 is 0 Å². The lowest BCUT2D eigenvalue weighted by molar-refractivity contribution is 0.0825. The van der Waals surface area contributed by atoms with Crippen molar-refractivity contribution in [1.29, 1.82) is 0 Å². The van der Waals surface area contributed by atoms with Crippen LogP contribution in [0.5, 0.6) is 0 Å². The monoisotopic (exact) mass is 446 g/mol. The standard InChI is InChI=1S/C24H20F2N6O/c1-13-10-27-22-21(18-5-2-16(25)9-19(18)26)30-23(31-24(22)29-13)14-6-7-33-20(8-14)15-11-28-32(12-15)17-3-4-17/h2,5,8-12,17,20H,3-4,6-7H2,1H3/t20-/m1/s1. The van der Waals surface area contributed by atoms with Gasteiger partial charge >= 0.3 is 0 Å². The predicted molar refractivity (Wildman–Crippen MR) is 117 cm³/mol. The van der Waals surface area contributed by atoms with Crippen molar-refractivity contribution in [2.75, 3.05) is 6.61 Å². The maximum atomic E-state index is 14.7. The summed E-state index contributed by atoms with van der Waals surface area (Å²) in [6.45, 7) is 2.31. The first kappa shape index (κ1) is 20.0. The van der Waals surface area contributed by atoms with Gasteiger partial charge in [0.05, 0.1) is 24.5 Å². The highest BCUT2D eigenvalue weighted by Gasteiger charge is 2.27. The van der Waals surface area contributed by atoms with E-state index in [-0.39, 0.29) is 17.4 Å². The molecule has 0 bridgehead atoms. The fraction of sp³-hybridized carbons (Fsp3) is 0.292. The molecule has 0 N–H and O–H groups in total. The Morgan fingerprint density at radius 1 is 1.09 bits per heavy atom. The molecule has 0 amide bonds. The molecule has 2 aliphatic rings. The molecule has 166 valence electrons. The zero-order chi connectivity index (χ0) is 22.5. The summed E-state index contributed by atoms with van der Waals surface area (Å²) in [6, 6.07) is 3.90. The van der Waals surface area contributed by atoms with Crippen LogP contribution < -0.4 is 0 Å². The first-order valence-corrected chi connectivity index (χ1v) is 10.9. The molecule has 9 heteroatoms. The van der Waals surface area contributed by atoms with Crippen LogP contribution in [0.4, 0.5) is 8.78 Å². The van der Waals surface area contributed by atoms with E-state index in [1.807, 2.05) is 30.1 Å². The van der Waals surface area contributed by atoms with E-state index in [9.17, 15) is 8.78 Å². The van der Waals surface area contributed by atoms with Crippen LogP contribution in [0.2, 0.25) is 0 Å². The van der Waals surface area contributed by atoms with Gasteiger partial charge in [0, 0.05) is 29.6 Å². The molecule has 0 unspecified atom stereocenters. The number of benzene rings is 1. The molecule has 0 saturated heterocycles. The quantitative estimate of drug-likeness (QED) is 0.450. The second kappa shape index (κ2) is 7.77. The van der Waals surface area contributed by atoms with Gasteiger partial charge in [0.25, 0.3) is 0 Å². The lowest BCUT2D eigenvalue weighted by Gasteiger charge is -2.21. The van der Waals surface area contributed by atoms with Gasteiger partial charge in [-0.05, 0) is 50.0 Å². The summed E-state index contributed by atoms with van der Waals surface area (Å²) in [5.74, 6) is -0.933. The molecule has 3 aromatic heterocycles. The number of halogens is 2. The van der Waals surface area contributed by atoms with Crippen LogP contribution in [0, 0.1) is 18.6 Å². The first-order valence-electron chi connectivity index (χ1n) is 10.9. The van der Waals surface area contributed by atoms with Crippen molar-refractivity contribution >= 4 is 16.7 Å². The average Bonchev–Trinajstić information content (AvgIpc) is 3.54. The molecule has 6 rings (SSSR count). The van der Waals surface area contributed by atoms with E-state index in [1.54, 1.807) is 6.20 Å². The Balaban J connectivity index is 1.46. The highest BCUT2D eigenvalue weighted by atomic mass is 19.1. The molecule has 1 aliphatic heterocycles. The van der Waals surface area contributed by atoms with Crippen molar-refractivity contribution in [3.8, 4) is 11.3 Å². The number of aromatic nitrogens is 6. The number of nitrogens with zero attached hydrogens (tertiary/aromatic N) is 6. The normalized spacial score (nSPS) is 18.5. The van der Waals surface area contributed by atoms with E-state index in [4.69, 9.17) is 4.74 Å². The topological polar surface area (TPSA) is 78.6 Å². The molecule has 7 nitrogen and oxygen atoms in total. The predicted octanol–water partition coefficient (Wildman–Crippen LogP) is 4.75. The number of fused-ring (bicyclic) bond motifs is 1. The molecule has 1 fully saturated rings. The number of hydrogen-bond donors (Lipinski definition) is 0. The van der Waals surface area contributed by atoms with Crippen molar-refractivity contribution in [3.05, 3.63) is 71.6 Å². The minimum atomic E-state index is -0.713. The van der Waals surface area contributed by atoms with Crippen LogP contribution in [0.1, 0.15) is 48.5 Å². The molecular formula is C24H20F2N6O. The summed E-state index contributed by atoms with van der Waals surface area (Å²) in [7, 11) is 0. The molecule has 0 spiro atoms. The van der Waals surface area contributed by atoms with Gasteiger partial charge in [-0.1, -0.05) is 0 Å². The van der Waals surface area contributed by atoms with E-state index < -0.39 is 11.6 Å². The van der Waals surface area contributed by atoms with Crippen molar-refractivity contribution in [1.82, 2.24) is 29.7 Å². The summed E-state index contributed by atoms with van der Waals surface area (Å²) in [5, 5.41) is 4.46. The van der Waals surface area contributed by atoms with Gasteiger partial charge in [0.2, 0.25) is 0 Å².